The van der Waals surface area contributed by atoms with Gasteiger partial charge in [-0.15, -0.1) is 0 Å². The molecule has 0 spiro atoms. The minimum Gasteiger partial charge on any atom is -0.488 e. The number of nitrogens with zero attached hydrogens (tertiary/aromatic N) is 1. The highest BCUT2D eigenvalue weighted by Gasteiger charge is 2.15. The largest absolute Gasteiger partial charge is 0.488 e. The normalized spacial score (nSPS) is 18.0. The Morgan fingerprint density at radius 2 is 2.09 bits per heavy atom. The minimum absolute atomic E-state index is 0.297. The van der Waals surface area contributed by atoms with E-state index in [4.69, 9.17) is 9.47 Å². The van der Waals surface area contributed by atoms with Gasteiger partial charge in [-0.2, -0.15) is 0 Å². The summed E-state index contributed by atoms with van der Waals surface area (Å²) < 4.78 is 24.5. The Hall–Kier alpha value is -2.14. The molecule has 5 heteroatoms. The summed E-state index contributed by atoms with van der Waals surface area (Å²) in [6, 6.07) is 9.49. The van der Waals surface area contributed by atoms with Gasteiger partial charge in [0.25, 0.3) is 5.88 Å². The van der Waals surface area contributed by atoms with Crippen molar-refractivity contribution in [3.63, 3.8) is 0 Å². The molecular formula is C17H19FN2O2. The molecular weight excluding hydrogens is 283 g/mol. The first-order chi connectivity index (χ1) is 10.8. The van der Waals surface area contributed by atoms with E-state index in [0.717, 1.165) is 13.1 Å². The van der Waals surface area contributed by atoms with Gasteiger partial charge < -0.3 is 14.8 Å². The highest BCUT2D eigenvalue weighted by Crippen LogP contribution is 2.29. The van der Waals surface area contributed by atoms with Crippen molar-refractivity contribution >= 4 is 0 Å². The topological polar surface area (TPSA) is 43.4 Å². The number of hydrogen-bond acceptors (Lipinski definition) is 4. The van der Waals surface area contributed by atoms with Crippen LogP contribution in [0.3, 0.4) is 0 Å². The number of pyridine rings is 1. The quantitative estimate of drug-likeness (QED) is 0.919. The van der Waals surface area contributed by atoms with E-state index in [-0.39, 0.29) is 5.82 Å². The molecule has 116 valence electrons. The van der Waals surface area contributed by atoms with Gasteiger partial charge in [0.1, 0.15) is 11.6 Å². The van der Waals surface area contributed by atoms with Gasteiger partial charge in [0.2, 0.25) is 0 Å². The zero-order chi connectivity index (χ0) is 15.2. The number of halogens is 1. The Labute approximate surface area is 129 Å². The van der Waals surface area contributed by atoms with E-state index in [1.165, 1.54) is 25.0 Å². The van der Waals surface area contributed by atoms with E-state index in [1.54, 1.807) is 18.3 Å². The fraction of sp³-hybridized carbons (Fsp3) is 0.353. The maximum atomic E-state index is 12.9. The third-order valence-electron chi connectivity index (χ3n) is 3.64. The van der Waals surface area contributed by atoms with Crippen LogP contribution in [0.5, 0.6) is 17.4 Å². The average Bonchev–Trinajstić information content (AvgIpc) is 2.57. The van der Waals surface area contributed by atoms with E-state index in [2.05, 4.69) is 10.3 Å². The molecule has 2 aromatic rings. The minimum atomic E-state index is -0.297. The van der Waals surface area contributed by atoms with Crippen molar-refractivity contribution in [2.24, 2.45) is 5.92 Å². The molecule has 0 saturated carbocycles. The number of rotatable bonds is 5. The number of benzene rings is 1. The van der Waals surface area contributed by atoms with E-state index in [0.29, 0.717) is 29.9 Å². The van der Waals surface area contributed by atoms with Gasteiger partial charge in [0, 0.05) is 18.7 Å². The number of aromatic nitrogens is 1. The second kappa shape index (κ2) is 7.22. The lowest BCUT2D eigenvalue weighted by Crippen LogP contribution is -2.33. The summed E-state index contributed by atoms with van der Waals surface area (Å²) in [5, 5.41) is 3.37. The Bertz CT molecular complexity index is 598. The van der Waals surface area contributed by atoms with Crippen LogP contribution >= 0.6 is 0 Å². The first-order valence-corrected chi connectivity index (χ1v) is 7.53. The molecule has 0 aliphatic carbocycles. The third-order valence-corrected chi connectivity index (χ3v) is 3.64. The van der Waals surface area contributed by atoms with Gasteiger partial charge in [-0.3, -0.25) is 0 Å². The van der Waals surface area contributed by atoms with Crippen LogP contribution in [0.4, 0.5) is 4.39 Å². The predicted molar refractivity (Wildman–Crippen MR) is 81.8 cm³/mol. The summed E-state index contributed by atoms with van der Waals surface area (Å²) in [6.45, 7) is 2.70. The molecule has 1 saturated heterocycles. The third kappa shape index (κ3) is 3.95. The highest BCUT2D eigenvalue weighted by molar-refractivity contribution is 5.37. The summed E-state index contributed by atoms with van der Waals surface area (Å²) in [7, 11) is 0. The van der Waals surface area contributed by atoms with Crippen molar-refractivity contribution in [1.29, 1.82) is 0 Å². The first kappa shape index (κ1) is 14.8. The summed E-state index contributed by atoms with van der Waals surface area (Å²) in [5.74, 6) is 1.75. The SMILES string of the molecule is Fc1ccc(Oc2ncccc2OCC2CCCNC2)cc1. The molecule has 3 rings (SSSR count). The van der Waals surface area contributed by atoms with Gasteiger partial charge in [-0.05, 0) is 55.8 Å². The lowest BCUT2D eigenvalue weighted by Gasteiger charge is -2.23. The monoisotopic (exact) mass is 302 g/mol. The summed E-state index contributed by atoms with van der Waals surface area (Å²) in [4.78, 5) is 4.20. The van der Waals surface area contributed by atoms with Crippen molar-refractivity contribution in [2.75, 3.05) is 19.7 Å². The van der Waals surface area contributed by atoms with Crippen LogP contribution in [0.25, 0.3) is 0 Å². The van der Waals surface area contributed by atoms with Gasteiger partial charge in [0.05, 0.1) is 6.61 Å². The highest BCUT2D eigenvalue weighted by atomic mass is 19.1. The van der Waals surface area contributed by atoms with Crippen LogP contribution < -0.4 is 14.8 Å². The Morgan fingerprint density at radius 3 is 2.86 bits per heavy atom. The number of hydrogen-bond donors (Lipinski definition) is 1. The van der Waals surface area contributed by atoms with Crippen molar-refractivity contribution in [3.8, 4) is 17.4 Å². The van der Waals surface area contributed by atoms with Crippen LogP contribution in [-0.2, 0) is 0 Å². The molecule has 0 radical (unpaired) electrons. The molecule has 1 aromatic heterocycles. The molecule has 1 aliphatic rings. The Kier molecular flexibility index (Phi) is 4.85. The van der Waals surface area contributed by atoms with Crippen LogP contribution in [0.15, 0.2) is 42.6 Å². The fourth-order valence-corrected chi connectivity index (χ4v) is 2.45. The lowest BCUT2D eigenvalue weighted by atomic mass is 10.0. The molecule has 0 amide bonds. The van der Waals surface area contributed by atoms with Gasteiger partial charge in [-0.1, -0.05) is 0 Å². The molecule has 1 aliphatic heterocycles. The Balaban J connectivity index is 1.65. The average molecular weight is 302 g/mol. The van der Waals surface area contributed by atoms with Crippen molar-refractivity contribution < 1.29 is 13.9 Å². The molecule has 22 heavy (non-hydrogen) atoms. The number of piperidine rings is 1. The summed E-state index contributed by atoms with van der Waals surface area (Å²) in [5.41, 5.74) is 0. The Morgan fingerprint density at radius 1 is 1.23 bits per heavy atom. The standard InChI is InChI=1S/C17H19FN2O2/c18-14-5-7-15(8-6-14)22-17-16(4-2-10-20-17)21-12-13-3-1-9-19-11-13/h2,4-8,10,13,19H,1,3,9,11-12H2. The smallest absolute Gasteiger partial charge is 0.262 e. The lowest BCUT2D eigenvalue weighted by molar-refractivity contribution is 0.212. The molecule has 2 heterocycles. The molecule has 1 N–H and O–H groups in total. The molecule has 1 atom stereocenters. The van der Waals surface area contributed by atoms with Crippen molar-refractivity contribution in [3.05, 3.63) is 48.4 Å². The van der Waals surface area contributed by atoms with Crippen LogP contribution in [-0.4, -0.2) is 24.7 Å². The maximum Gasteiger partial charge on any atom is 0.262 e. The van der Waals surface area contributed by atoms with E-state index in [9.17, 15) is 4.39 Å². The summed E-state index contributed by atoms with van der Waals surface area (Å²) in [6.07, 6.45) is 4.00. The van der Waals surface area contributed by atoms with Crippen LogP contribution in [0.2, 0.25) is 0 Å². The zero-order valence-electron chi connectivity index (χ0n) is 12.3. The second-order valence-corrected chi connectivity index (χ2v) is 5.39. The summed E-state index contributed by atoms with van der Waals surface area (Å²) >= 11 is 0. The molecule has 1 aromatic carbocycles. The number of nitrogens with one attached hydrogen (secondary N) is 1. The maximum absolute atomic E-state index is 12.9. The van der Waals surface area contributed by atoms with E-state index >= 15 is 0 Å². The van der Waals surface area contributed by atoms with Gasteiger partial charge in [-0.25, -0.2) is 9.37 Å². The second-order valence-electron chi connectivity index (χ2n) is 5.39. The van der Waals surface area contributed by atoms with Crippen LogP contribution in [0, 0.1) is 11.7 Å². The van der Waals surface area contributed by atoms with Crippen molar-refractivity contribution in [1.82, 2.24) is 10.3 Å². The zero-order valence-corrected chi connectivity index (χ0v) is 12.3. The van der Waals surface area contributed by atoms with Crippen molar-refractivity contribution in [2.45, 2.75) is 12.8 Å². The number of ether oxygens (including phenoxy) is 2. The fourth-order valence-electron chi connectivity index (χ4n) is 2.45. The molecule has 0 bridgehead atoms. The predicted octanol–water partition coefficient (Wildman–Crippen LogP) is 3.39. The van der Waals surface area contributed by atoms with Gasteiger partial charge in [0.15, 0.2) is 5.75 Å². The molecule has 1 unspecified atom stereocenters. The van der Waals surface area contributed by atoms with Gasteiger partial charge >= 0.3 is 0 Å². The van der Waals surface area contributed by atoms with E-state index in [1.807, 2.05) is 12.1 Å². The molecule has 4 nitrogen and oxygen atoms in total. The molecule has 1 fully saturated rings. The van der Waals surface area contributed by atoms with Crippen LogP contribution in [0.1, 0.15) is 12.8 Å². The first-order valence-electron chi connectivity index (χ1n) is 7.53. The van der Waals surface area contributed by atoms with E-state index < -0.39 is 0 Å².